The van der Waals surface area contributed by atoms with E-state index in [1.807, 2.05) is 11.6 Å². The monoisotopic (exact) mass is 280 g/mol. The molecule has 1 fully saturated rings. The maximum Gasteiger partial charge on any atom is 0.326 e. The van der Waals surface area contributed by atoms with E-state index in [0.29, 0.717) is 19.5 Å². The lowest BCUT2D eigenvalue weighted by atomic mass is 10.1. The van der Waals surface area contributed by atoms with Crippen molar-refractivity contribution in [3.63, 3.8) is 0 Å². The highest BCUT2D eigenvalue weighted by atomic mass is 16.4. The van der Waals surface area contributed by atoms with Gasteiger partial charge >= 0.3 is 12.0 Å². The zero-order valence-corrected chi connectivity index (χ0v) is 11.6. The van der Waals surface area contributed by atoms with Crippen molar-refractivity contribution >= 4 is 12.0 Å². The molecule has 1 atom stereocenters. The second-order valence-electron chi connectivity index (χ2n) is 5.01. The van der Waals surface area contributed by atoms with Gasteiger partial charge in [0.25, 0.3) is 0 Å². The molecule has 1 saturated heterocycles. The van der Waals surface area contributed by atoms with Crippen LogP contribution in [0.3, 0.4) is 0 Å². The van der Waals surface area contributed by atoms with Crippen molar-refractivity contribution in [1.29, 1.82) is 0 Å². The highest BCUT2D eigenvalue weighted by molar-refractivity contribution is 5.82. The summed E-state index contributed by atoms with van der Waals surface area (Å²) in [6.07, 6.45) is 6.64. The number of carboxylic acids is 1. The molecule has 0 spiro atoms. The SMILES string of the molecule is Cn1ccnc1CNC(=O)N1CCCCCC1C(=O)O. The van der Waals surface area contributed by atoms with E-state index in [0.717, 1.165) is 25.1 Å². The third-order valence-electron chi connectivity index (χ3n) is 3.62. The Kier molecular flexibility index (Phi) is 4.60. The molecule has 0 saturated carbocycles. The van der Waals surface area contributed by atoms with E-state index in [2.05, 4.69) is 10.3 Å². The molecule has 2 heterocycles. The average Bonchev–Trinajstić information content (AvgIpc) is 2.67. The average molecular weight is 280 g/mol. The van der Waals surface area contributed by atoms with Gasteiger partial charge < -0.3 is 19.9 Å². The fourth-order valence-corrected chi connectivity index (χ4v) is 2.43. The van der Waals surface area contributed by atoms with E-state index < -0.39 is 12.0 Å². The lowest BCUT2D eigenvalue weighted by Crippen LogP contribution is -2.49. The van der Waals surface area contributed by atoms with Crippen LogP contribution in [0.25, 0.3) is 0 Å². The molecule has 1 aromatic heterocycles. The molecule has 0 aliphatic carbocycles. The van der Waals surface area contributed by atoms with Crippen LogP contribution < -0.4 is 5.32 Å². The molecule has 0 radical (unpaired) electrons. The molecule has 20 heavy (non-hydrogen) atoms. The van der Waals surface area contributed by atoms with Crippen LogP contribution in [0.5, 0.6) is 0 Å². The van der Waals surface area contributed by atoms with Gasteiger partial charge in [-0.25, -0.2) is 14.6 Å². The number of nitrogens with one attached hydrogen (secondary N) is 1. The van der Waals surface area contributed by atoms with Crippen LogP contribution in [0.15, 0.2) is 12.4 Å². The standard InChI is InChI=1S/C13H20N4O3/c1-16-8-6-14-11(16)9-15-13(20)17-7-4-2-3-5-10(17)12(18)19/h6,8,10H,2-5,7,9H2,1H3,(H,15,20)(H,18,19). The lowest BCUT2D eigenvalue weighted by molar-refractivity contribution is -0.142. The second-order valence-corrected chi connectivity index (χ2v) is 5.01. The minimum Gasteiger partial charge on any atom is -0.480 e. The van der Waals surface area contributed by atoms with E-state index in [4.69, 9.17) is 0 Å². The molecule has 1 unspecified atom stereocenters. The number of urea groups is 1. The molecule has 2 amide bonds. The van der Waals surface area contributed by atoms with Crippen LogP contribution in [-0.4, -0.2) is 44.1 Å². The quantitative estimate of drug-likeness (QED) is 0.863. The van der Waals surface area contributed by atoms with Crippen molar-refractivity contribution < 1.29 is 14.7 Å². The number of hydrogen-bond donors (Lipinski definition) is 2. The number of carbonyl (C=O) groups is 2. The molecule has 0 aromatic carbocycles. The molecule has 7 heteroatoms. The van der Waals surface area contributed by atoms with Gasteiger partial charge in [-0.3, -0.25) is 0 Å². The normalized spacial score (nSPS) is 19.4. The molecular formula is C13H20N4O3. The molecule has 7 nitrogen and oxygen atoms in total. The van der Waals surface area contributed by atoms with Crippen molar-refractivity contribution in [2.24, 2.45) is 7.05 Å². The summed E-state index contributed by atoms with van der Waals surface area (Å²) in [6.45, 7) is 0.786. The minimum atomic E-state index is -0.931. The number of aliphatic carboxylic acids is 1. The highest BCUT2D eigenvalue weighted by Gasteiger charge is 2.30. The van der Waals surface area contributed by atoms with E-state index in [9.17, 15) is 14.7 Å². The Balaban J connectivity index is 1.98. The van der Waals surface area contributed by atoms with Crippen LogP contribution in [0.4, 0.5) is 4.79 Å². The number of likely N-dealkylation sites (tertiary alicyclic amines) is 1. The summed E-state index contributed by atoms with van der Waals surface area (Å²) < 4.78 is 1.82. The Labute approximate surface area is 117 Å². The predicted octanol–water partition coefficient (Wildman–Crippen LogP) is 0.959. The lowest BCUT2D eigenvalue weighted by Gasteiger charge is -2.27. The zero-order valence-electron chi connectivity index (χ0n) is 11.6. The number of imidazole rings is 1. The van der Waals surface area contributed by atoms with Gasteiger partial charge in [0.05, 0.1) is 6.54 Å². The topological polar surface area (TPSA) is 87.5 Å². The Hall–Kier alpha value is -2.05. The highest BCUT2D eigenvalue weighted by Crippen LogP contribution is 2.17. The smallest absolute Gasteiger partial charge is 0.326 e. The van der Waals surface area contributed by atoms with Crippen molar-refractivity contribution in [2.75, 3.05) is 6.54 Å². The Morgan fingerprint density at radius 2 is 2.25 bits per heavy atom. The van der Waals surface area contributed by atoms with Gasteiger partial charge in [-0.2, -0.15) is 0 Å². The molecular weight excluding hydrogens is 260 g/mol. The van der Waals surface area contributed by atoms with Gasteiger partial charge in [0.2, 0.25) is 0 Å². The number of carboxylic acid groups (broad SMARTS) is 1. The first-order valence-corrected chi connectivity index (χ1v) is 6.83. The molecule has 2 rings (SSSR count). The third-order valence-corrected chi connectivity index (χ3v) is 3.62. The molecule has 1 aliphatic heterocycles. The molecule has 0 bridgehead atoms. The number of aryl methyl sites for hydroxylation is 1. The van der Waals surface area contributed by atoms with Gasteiger partial charge in [0, 0.05) is 26.0 Å². The largest absolute Gasteiger partial charge is 0.480 e. The first-order chi connectivity index (χ1) is 9.59. The van der Waals surface area contributed by atoms with Gasteiger partial charge in [-0.05, 0) is 12.8 Å². The fraction of sp³-hybridized carbons (Fsp3) is 0.615. The van der Waals surface area contributed by atoms with Crippen molar-refractivity contribution in [3.8, 4) is 0 Å². The van der Waals surface area contributed by atoms with E-state index in [1.54, 1.807) is 12.4 Å². The maximum absolute atomic E-state index is 12.2. The van der Waals surface area contributed by atoms with Crippen LogP contribution in [0.2, 0.25) is 0 Å². The minimum absolute atomic E-state index is 0.297. The van der Waals surface area contributed by atoms with Gasteiger partial charge in [0.15, 0.2) is 0 Å². The number of rotatable bonds is 3. The Morgan fingerprint density at radius 3 is 2.90 bits per heavy atom. The number of carbonyl (C=O) groups excluding carboxylic acids is 1. The first kappa shape index (κ1) is 14.4. The summed E-state index contributed by atoms with van der Waals surface area (Å²) in [6, 6.07) is -1.05. The van der Waals surface area contributed by atoms with Gasteiger partial charge in [-0.1, -0.05) is 12.8 Å². The Bertz CT molecular complexity index is 486. The number of amides is 2. The van der Waals surface area contributed by atoms with Gasteiger partial charge in [0.1, 0.15) is 11.9 Å². The van der Waals surface area contributed by atoms with Crippen LogP contribution in [0, 0.1) is 0 Å². The molecule has 1 aliphatic rings. The third kappa shape index (κ3) is 3.28. The summed E-state index contributed by atoms with van der Waals surface area (Å²) >= 11 is 0. The molecule has 1 aromatic rings. The van der Waals surface area contributed by atoms with Crippen molar-refractivity contribution in [1.82, 2.24) is 19.8 Å². The summed E-state index contributed by atoms with van der Waals surface area (Å²) in [4.78, 5) is 29.0. The van der Waals surface area contributed by atoms with Crippen molar-refractivity contribution in [3.05, 3.63) is 18.2 Å². The maximum atomic E-state index is 12.2. The predicted molar refractivity (Wildman–Crippen MR) is 72.0 cm³/mol. The van der Waals surface area contributed by atoms with Crippen molar-refractivity contribution in [2.45, 2.75) is 38.3 Å². The number of nitrogens with zero attached hydrogens (tertiary/aromatic N) is 3. The second kappa shape index (κ2) is 6.40. The molecule has 110 valence electrons. The Morgan fingerprint density at radius 1 is 1.45 bits per heavy atom. The summed E-state index contributed by atoms with van der Waals surface area (Å²) in [7, 11) is 1.85. The zero-order chi connectivity index (χ0) is 14.5. The summed E-state index contributed by atoms with van der Waals surface area (Å²) in [5.74, 6) is -0.195. The van der Waals surface area contributed by atoms with Crippen LogP contribution in [-0.2, 0) is 18.4 Å². The van der Waals surface area contributed by atoms with Crippen LogP contribution in [0.1, 0.15) is 31.5 Å². The van der Waals surface area contributed by atoms with Crippen LogP contribution >= 0.6 is 0 Å². The van der Waals surface area contributed by atoms with E-state index in [-0.39, 0.29) is 6.03 Å². The molecule has 2 N–H and O–H groups in total. The summed E-state index contributed by atoms with van der Waals surface area (Å²) in [5.41, 5.74) is 0. The fourth-order valence-electron chi connectivity index (χ4n) is 2.43. The van der Waals surface area contributed by atoms with E-state index >= 15 is 0 Å². The number of hydrogen-bond acceptors (Lipinski definition) is 3. The van der Waals surface area contributed by atoms with E-state index in [1.165, 1.54) is 4.90 Å². The number of aromatic nitrogens is 2. The first-order valence-electron chi connectivity index (χ1n) is 6.83. The summed E-state index contributed by atoms with van der Waals surface area (Å²) in [5, 5.41) is 12.0. The van der Waals surface area contributed by atoms with Gasteiger partial charge in [-0.15, -0.1) is 0 Å².